The lowest BCUT2D eigenvalue weighted by Gasteiger charge is -2.43. The molecule has 1 saturated carbocycles. The fraction of sp³-hybridized carbons (Fsp3) is 0.429. The number of nitrogens with one attached hydrogen (secondary N) is 3. The summed E-state index contributed by atoms with van der Waals surface area (Å²) >= 11 is 1.90. The van der Waals surface area contributed by atoms with Gasteiger partial charge in [0, 0.05) is 9.11 Å². The molecule has 0 spiro atoms. The van der Waals surface area contributed by atoms with Gasteiger partial charge in [-0.1, -0.05) is 6.92 Å². The Hall–Kier alpha value is -1.61. The van der Waals surface area contributed by atoms with Gasteiger partial charge in [0.15, 0.2) is 11.6 Å². The highest BCUT2D eigenvalue weighted by Gasteiger charge is 2.42. The first-order chi connectivity index (χ1) is 15.5. The highest BCUT2D eigenvalue weighted by molar-refractivity contribution is 14.1. The lowest BCUT2D eigenvalue weighted by Crippen LogP contribution is -2.56. The first kappa shape index (κ1) is 26.0. The molecule has 2 aromatic rings. The van der Waals surface area contributed by atoms with Crippen LogP contribution in [0, 0.1) is 21.0 Å². The Kier molecular flexibility index (Phi) is 8.15. The van der Waals surface area contributed by atoms with Crippen molar-refractivity contribution in [3.05, 3.63) is 50.9 Å². The minimum absolute atomic E-state index is 0.00178. The van der Waals surface area contributed by atoms with Crippen molar-refractivity contribution in [2.45, 2.75) is 50.7 Å². The van der Waals surface area contributed by atoms with Crippen LogP contribution in [-0.2, 0) is 16.6 Å². The van der Waals surface area contributed by atoms with Gasteiger partial charge < -0.3 is 15.5 Å². The molecule has 7 nitrogen and oxygen atoms in total. The van der Waals surface area contributed by atoms with Crippen LogP contribution in [0.2, 0.25) is 0 Å². The van der Waals surface area contributed by atoms with Crippen molar-refractivity contribution in [1.82, 2.24) is 4.72 Å². The summed E-state index contributed by atoms with van der Waals surface area (Å²) in [5.74, 6) is -3.29. The average Bonchev–Trinajstić information content (AvgIpc) is 2.72. The maximum Gasteiger partial charge on any atom is 0.299 e. The normalized spacial score (nSPS) is 16.2. The van der Waals surface area contributed by atoms with Crippen LogP contribution >= 0.6 is 22.6 Å². The van der Waals surface area contributed by atoms with Crippen LogP contribution in [-0.4, -0.2) is 36.9 Å². The number of hydrogen-bond acceptors (Lipinski definition) is 5. The monoisotopic (exact) mass is 599 g/mol. The molecule has 5 N–H and O–H groups in total. The maximum absolute atomic E-state index is 14.8. The van der Waals surface area contributed by atoms with Gasteiger partial charge in [-0.15, -0.1) is 0 Å². The van der Waals surface area contributed by atoms with E-state index in [9.17, 15) is 26.7 Å². The SMILES string of the molecule is CCc1cc(F)c(F)c(Nc2ccc(I)cc2F)c1NS(=O)(=O)NC1(CC(O)CO)CCC1. The second-order valence-corrected chi connectivity index (χ2v) is 10.7. The molecule has 1 atom stereocenters. The second kappa shape index (κ2) is 10.3. The van der Waals surface area contributed by atoms with Gasteiger partial charge in [0.05, 0.1) is 24.1 Å². The summed E-state index contributed by atoms with van der Waals surface area (Å²) in [5.41, 5.74) is -1.76. The number of halogens is 4. The van der Waals surface area contributed by atoms with Crippen LogP contribution in [0.4, 0.5) is 30.2 Å². The second-order valence-electron chi connectivity index (χ2n) is 8.07. The van der Waals surface area contributed by atoms with E-state index in [-0.39, 0.29) is 29.8 Å². The third kappa shape index (κ3) is 6.10. The molecule has 0 radical (unpaired) electrons. The first-order valence-electron chi connectivity index (χ1n) is 10.3. The Morgan fingerprint density at radius 3 is 2.39 bits per heavy atom. The molecule has 2 aromatic carbocycles. The molecule has 33 heavy (non-hydrogen) atoms. The van der Waals surface area contributed by atoms with Gasteiger partial charge >= 0.3 is 0 Å². The zero-order chi connectivity index (χ0) is 24.4. The Morgan fingerprint density at radius 2 is 1.85 bits per heavy atom. The van der Waals surface area contributed by atoms with Crippen molar-refractivity contribution in [2.75, 3.05) is 16.6 Å². The van der Waals surface area contributed by atoms with Crippen LogP contribution < -0.4 is 14.8 Å². The van der Waals surface area contributed by atoms with Crippen LogP contribution in [0.25, 0.3) is 0 Å². The molecule has 1 aliphatic carbocycles. The smallest absolute Gasteiger partial charge is 0.299 e. The summed E-state index contributed by atoms with van der Waals surface area (Å²) < 4.78 is 74.7. The molecule has 1 fully saturated rings. The van der Waals surface area contributed by atoms with E-state index < -0.39 is 51.6 Å². The maximum atomic E-state index is 14.8. The van der Waals surface area contributed by atoms with E-state index in [0.717, 1.165) is 12.5 Å². The summed E-state index contributed by atoms with van der Waals surface area (Å²) in [6.07, 6.45) is 0.675. The number of rotatable bonds is 10. The number of benzene rings is 2. The molecule has 1 unspecified atom stereocenters. The van der Waals surface area contributed by atoms with Gasteiger partial charge in [0.2, 0.25) is 0 Å². The molecular formula is C21H25F3IN3O4S. The van der Waals surface area contributed by atoms with Crippen LogP contribution in [0.1, 0.15) is 38.2 Å². The minimum Gasteiger partial charge on any atom is -0.394 e. The van der Waals surface area contributed by atoms with E-state index in [4.69, 9.17) is 5.11 Å². The summed E-state index contributed by atoms with van der Waals surface area (Å²) in [7, 11) is -4.32. The lowest BCUT2D eigenvalue weighted by atomic mass is 9.74. The molecule has 182 valence electrons. The number of anilines is 3. The summed E-state index contributed by atoms with van der Waals surface area (Å²) in [4.78, 5) is 0. The molecule has 0 bridgehead atoms. The van der Waals surface area contributed by atoms with Crippen LogP contribution in [0.3, 0.4) is 0 Å². The van der Waals surface area contributed by atoms with E-state index in [1.807, 2.05) is 22.6 Å². The van der Waals surface area contributed by atoms with Crippen LogP contribution in [0.15, 0.2) is 24.3 Å². The van der Waals surface area contributed by atoms with Crippen molar-refractivity contribution in [3.63, 3.8) is 0 Å². The van der Waals surface area contributed by atoms with E-state index in [1.54, 1.807) is 13.0 Å². The van der Waals surface area contributed by atoms with E-state index >= 15 is 0 Å². The molecule has 0 saturated heterocycles. The Bertz CT molecular complexity index is 1130. The topological polar surface area (TPSA) is 111 Å². The van der Waals surface area contributed by atoms with Gasteiger partial charge in [-0.25, -0.2) is 13.2 Å². The quantitative estimate of drug-likeness (QED) is 0.266. The molecule has 1 aliphatic rings. The number of aryl methyl sites for hydroxylation is 1. The zero-order valence-electron chi connectivity index (χ0n) is 17.8. The van der Waals surface area contributed by atoms with Gasteiger partial charge in [0.25, 0.3) is 10.2 Å². The van der Waals surface area contributed by atoms with Crippen molar-refractivity contribution in [2.24, 2.45) is 0 Å². The van der Waals surface area contributed by atoms with Gasteiger partial charge in [0.1, 0.15) is 11.5 Å². The molecule has 0 amide bonds. The molecule has 0 aromatic heterocycles. The Balaban J connectivity index is 1.98. The van der Waals surface area contributed by atoms with E-state index in [0.29, 0.717) is 16.4 Å². The van der Waals surface area contributed by atoms with Crippen molar-refractivity contribution in [3.8, 4) is 0 Å². The molecule has 12 heteroatoms. The summed E-state index contributed by atoms with van der Waals surface area (Å²) in [6.45, 7) is 1.12. The molecule has 0 aliphatic heterocycles. The average molecular weight is 599 g/mol. The fourth-order valence-electron chi connectivity index (χ4n) is 3.83. The predicted molar refractivity (Wildman–Crippen MR) is 128 cm³/mol. The van der Waals surface area contributed by atoms with Gasteiger partial charge in [-0.3, -0.25) is 4.72 Å². The summed E-state index contributed by atoms with van der Waals surface area (Å²) in [5, 5.41) is 21.4. The molecule has 0 heterocycles. The van der Waals surface area contributed by atoms with E-state index in [2.05, 4.69) is 14.8 Å². The van der Waals surface area contributed by atoms with Crippen LogP contribution in [0.5, 0.6) is 0 Å². The number of aliphatic hydroxyl groups excluding tert-OH is 2. The van der Waals surface area contributed by atoms with Crippen molar-refractivity contribution in [1.29, 1.82) is 0 Å². The number of hydrogen-bond donors (Lipinski definition) is 5. The highest BCUT2D eigenvalue weighted by atomic mass is 127. The van der Waals surface area contributed by atoms with Crippen molar-refractivity contribution < 1.29 is 31.8 Å². The third-order valence-corrected chi connectivity index (χ3v) is 7.45. The third-order valence-electron chi connectivity index (χ3n) is 5.61. The Labute approximate surface area is 204 Å². The largest absolute Gasteiger partial charge is 0.394 e. The highest BCUT2D eigenvalue weighted by Crippen LogP contribution is 2.39. The van der Waals surface area contributed by atoms with E-state index in [1.165, 1.54) is 12.1 Å². The fourth-order valence-corrected chi connectivity index (χ4v) is 5.69. The first-order valence-corrected chi connectivity index (χ1v) is 12.9. The molecular weight excluding hydrogens is 574 g/mol. The van der Waals surface area contributed by atoms with Gasteiger partial charge in [-0.2, -0.15) is 13.1 Å². The lowest BCUT2D eigenvalue weighted by molar-refractivity contribution is 0.0446. The molecule has 3 rings (SSSR count). The minimum atomic E-state index is -4.32. The van der Waals surface area contributed by atoms with Gasteiger partial charge in [-0.05, 0) is 84.5 Å². The Morgan fingerprint density at radius 1 is 1.15 bits per heavy atom. The summed E-state index contributed by atoms with van der Waals surface area (Å²) in [6, 6.07) is 4.97. The van der Waals surface area contributed by atoms with Crippen molar-refractivity contribution >= 4 is 49.9 Å². The number of aliphatic hydroxyl groups is 2. The standard InChI is InChI=1S/C21H25F3IN3O4S/c1-2-12-8-16(23)18(24)20(26-17-5-4-13(25)9-15(17)22)19(12)27-33(31,32)28-21(6-3-7-21)10-14(30)11-29/h4-5,8-9,14,26-30H,2-3,6-7,10-11H2,1H3. The predicted octanol–water partition coefficient (Wildman–Crippen LogP) is 3.93. The zero-order valence-corrected chi connectivity index (χ0v) is 20.7.